The van der Waals surface area contributed by atoms with E-state index in [0.29, 0.717) is 0 Å². The summed E-state index contributed by atoms with van der Waals surface area (Å²) in [7, 11) is 0. The minimum atomic E-state index is -0.512. The fraction of sp³-hybridized carbons (Fsp3) is 0.833. The van der Waals surface area contributed by atoms with E-state index in [4.69, 9.17) is 6.42 Å². The highest BCUT2D eigenvalue weighted by atomic mass is 16.3. The summed E-state index contributed by atoms with van der Waals surface area (Å²) in [6, 6.07) is 0. The van der Waals surface area contributed by atoms with Crippen LogP contribution in [0.25, 0.3) is 0 Å². The average Bonchev–Trinajstić information content (AvgIpc) is 2.63. The van der Waals surface area contributed by atoms with Gasteiger partial charge in [-0.15, -0.1) is 6.42 Å². The Kier molecular flexibility index (Phi) is 3.81. The van der Waals surface area contributed by atoms with Gasteiger partial charge in [0, 0.05) is 5.41 Å². The first kappa shape index (κ1) is 10.6. The smallest absolute Gasteiger partial charge is 0.120 e. The van der Waals surface area contributed by atoms with E-state index in [0.717, 1.165) is 19.3 Å². The second-order valence-corrected chi connectivity index (χ2v) is 4.24. The van der Waals surface area contributed by atoms with Crippen LogP contribution in [0, 0.1) is 17.8 Å². The normalized spacial score (nSPS) is 22.5. The molecular formula is C12H20O. The number of hydrogen-bond acceptors (Lipinski definition) is 1. The predicted molar refractivity (Wildman–Crippen MR) is 55.3 cm³/mol. The van der Waals surface area contributed by atoms with Crippen molar-refractivity contribution < 1.29 is 5.11 Å². The largest absolute Gasteiger partial charge is 0.380 e. The van der Waals surface area contributed by atoms with Gasteiger partial charge in [-0.05, 0) is 19.3 Å². The van der Waals surface area contributed by atoms with E-state index in [2.05, 4.69) is 12.8 Å². The number of aliphatic hydroxyl groups excluding tert-OH is 1. The van der Waals surface area contributed by atoms with Gasteiger partial charge in [0.05, 0.1) is 0 Å². The molecule has 74 valence electrons. The summed E-state index contributed by atoms with van der Waals surface area (Å²) < 4.78 is 0. The molecule has 0 bridgehead atoms. The van der Waals surface area contributed by atoms with Crippen molar-refractivity contribution >= 4 is 0 Å². The Balaban J connectivity index is 2.58. The van der Waals surface area contributed by atoms with Gasteiger partial charge in [0.15, 0.2) is 0 Å². The van der Waals surface area contributed by atoms with E-state index in [9.17, 15) is 5.11 Å². The van der Waals surface area contributed by atoms with Crippen LogP contribution < -0.4 is 0 Å². The molecule has 1 heteroatoms. The highest BCUT2D eigenvalue weighted by Gasteiger charge is 2.38. The summed E-state index contributed by atoms with van der Waals surface area (Å²) in [5.41, 5.74) is 0.0742. The Bertz CT molecular complexity index is 184. The summed E-state index contributed by atoms with van der Waals surface area (Å²) >= 11 is 0. The van der Waals surface area contributed by atoms with Gasteiger partial charge in [-0.25, -0.2) is 0 Å². The lowest BCUT2D eigenvalue weighted by Gasteiger charge is -2.31. The van der Waals surface area contributed by atoms with Crippen LogP contribution >= 0.6 is 0 Å². The van der Waals surface area contributed by atoms with Gasteiger partial charge in [0.2, 0.25) is 0 Å². The molecule has 1 N–H and O–H groups in total. The Labute approximate surface area is 81.5 Å². The first-order valence-corrected chi connectivity index (χ1v) is 5.39. The molecular weight excluding hydrogens is 160 g/mol. The predicted octanol–water partition coefficient (Wildman–Crippen LogP) is 2.73. The van der Waals surface area contributed by atoms with Crippen molar-refractivity contribution in [2.75, 3.05) is 0 Å². The van der Waals surface area contributed by atoms with Crippen molar-refractivity contribution in [1.82, 2.24) is 0 Å². The molecule has 0 amide bonds. The molecule has 1 unspecified atom stereocenters. The van der Waals surface area contributed by atoms with Crippen LogP contribution in [-0.2, 0) is 0 Å². The molecule has 0 aromatic carbocycles. The third-order valence-corrected chi connectivity index (χ3v) is 3.37. The SMILES string of the molecule is C#CC(O)C1(CCCC)CCCC1. The molecule has 0 heterocycles. The molecule has 1 rings (SSSR count). The van der Waals surface area contributed by atoms with E-state index < -0.39 is 6.10 Å². The molecule has 13 heavy (non-hydrogen) atoms. The van der Waals surface area contributed by atoms with Crippen LogP contribution in [0.15, 0.2) is 0 Å². The molecule has 1 fully saturated rings. The molecule has 1 atom stereocenters. The lowest BCUT2D eigenvalue weighted by Crippen LogP contribution is -2.31. The standard InChI is InChI=1S/C12H20O/c1-3-5-8-12(11(13)4-2)9-6-7-10-12/h2,11,13H,3,5-10H2,1H3. The van der Waals surface area contributed by atoms with Gasteiger partial charge in [0.1, 0.15) is 6.10 Å². The summed E-state index contributed by atoms with van der Waals surface area (Å²) in [4.78, 5) is 0. The monoisotopic (exact) mass is 180 g/mol. The summed E-state index contributed by atoms with van der Waals surface area (Å²) in [5, 5.41) is 9.80. The Hall–Kier alpha value is -0.480. The van der Waals surface area contributed by atoms with Crippen molar-refractivity contribution in [3.63, 3.8) is 0 Å². The van der Waals surface area contributed by atoms with E-state index in [1.54, 1.807) is 0 Å². The van der Waals surface area contributed by atoms with Crippen LogP contribution in [-0.4, -0.2) is 11.2 Å². The summed E-state index contributed by atoms with van der Waals surface area (Å²) in [6.07, 6.45) is 13.0. The van der Waals surface area contributed by atoms with Crippen molar-refractivity contribution in [3.8, 4) is 12.3 Å². The van der Waals surface area contributed by atoms with Crippen LogP contribution in [0.3, 0.4) is 0 Å². The fourth-order valence-corrected chi connectivity index (χ4v) is 2.44. The minimum Gasteiger partial charge on any atom is -0.380 e. The zero-order valence-corrected chi connectivity index (χ0v) is 8.55. The van der Waals surface area contributed by atoms with Crippen molar-refractivity contribution in [2.24, 2.45) is 5.41 Å². The van der Waals surface area contributed by atoms with E-state index in [-0.39, 0.29) is 5.41 Å². The third-order valence-electron chi connectivity index (χ3n) is 3.37. The molecule has 0 saturated heterocycles. The Morgan fingerprint density at radius 2 is 2.08 bits per heavy atom. The number of unbranched alkanes of at least 4 members (excludes halogenated alkanes) is 1. The highest BCUT2D eigenvalue weighted by Crippen LogP contribution is 2.44. The topological polar surface area (TPSA) is 20.2 Å². The number of aliphatic hydroxyl groups is 1. The number of terminal acetylenes is 1. The highest BCUT2D eigenvalue weighted by molar-refractivity contribution is 5.05. The van der Waals surface area contributed by atoms with E-state index in [1.807, 2.05) is 0 Å². The molecule has 0 aliphatic heterocycles. The van der Waals surface area contributed by atoms with Gasteiger partial charge in [-0.2, -0.15) is 0 Å². The van der Waals surface area contributed by atoms with Gasteiger partial charge in [-0.3, -0.25) is 0 Å². The quantitative estimate of drug-likeness (QED) is 0.659. The average molecular weight is 180 g/mol. The first-order valence-electron chi connectivity index (χ1n) is 5.39. The van der Waals surface area contributed by atoms with Gasteiger partial charge < -0.3 is 5.11 Å². The number of rotatable bonds is 4. The van der Waals surface area contributed by atoms with E-state index in [1.165, 1.54) is 25.7 Å². The van der Waals surface area contributed by atoms with Gasteiger partial charge in [-0.1, -0.05) is 38.5 Å². The minimum absolute atomic E-state index is 0.0742. The number of hydrogen-bond donors (Lipinski definition) is 1. The van der Waals surface area contributed by atoms with Crippen LogP contribution in [0.5, 0.6) is 0 Å². The third kappa shape index (κ3) is 2.25. The van der Waals surface area contributed by atoms with E-state index >= 15 is 0 Å². The fourth-order valence-electron chi connectivity index (χ4n) is 2.44. The van der Waals surface area contributed by atoms with Crippen molar-refractivity contribution in [2.45, 2.75) is 58.0 Å². The van der Waals surface area contributed by atoms with Gasteiger partial charge >= 0.3 is 0 Å². The molecule has 1 aliphatic carbocycles. The maximum Gasteiger partial charge on any atom is 0.120 e. The van der Waals surface area contributed by atoms with Gasteiger partial charge in [0.25, 0.3) is 0 Å². The maximum absolute atomic E-state index is 9.80. The lowest BCUT2D eigenvalue weighted by molar-refractivity contribution is 0.0639. The zero-order chi connectivity index (χ0) is 9.73. The molecule has 0 aromatic heterocycles. The van der Waals surface area contributed by atoms with Crippen LogP contribution in [0.1, 0.15) is 51.9 Å². The lowest BCUT2D eigenvalue weighted by atomic mass is 9.76. The molecule has 1 saturated carbocycles. The van der Waals surface area contributed by atoms with Crippen LogP contribution in [0.2, 0.25) is 0 Å². The summed E-state index contributed by atoms with van der Waals surface area (Å²) in [6.45, 7) is 2.19. The van der Waals surface area contributed by atoms with Crippen molar-refractivity contribution in [1.29, 1.82) is 0 Å². The first-order chi connectivity index (χ1) is 6.25. The molecule has 0 radical (unpaired) electrons. The Morgan fingerprint density at radius 3 is 2.54 bits per heavy atom. The molecule has 1 nitrogen and oxygen atoms in total. The van der Waals surface area contributed by atoms with Crippen LogP contribution in [0.4, 0.5) is 0 Å². The molecule has 0 spiro atoms. The Morgan fingerprint density at radius 1 is 1.46 bits per heavy atom. The van der Waals surface area contributed by atoms with Crippen molar-refractivity contribution in [3.05, 3.63) is 0 Å². The molecule has 0 aromatic rings. The second kappa shape index (κ2) is 4.67. The second-order valence-electron chi connectivity index (χ2n) is 4.24. The maximum atomic E-state index is 9.80. The molecule has 1 aliphatic rings. The summed E-state index contributed by atoms with van der Waals surface area (Å²) in [5.74, 6) is 2.51. The zero-order valence-electron chi connectivity index (χ0n) is 8.55.